The molecule has 1 aliphatic heterocycles. The number of aryl methyl sites for hydroxylation is 1. The molecule has 1 fully saturated rings. The average Bonchev–Trinajstić information content (AvgIpc) is 3.20. The van der Waals surface area contributed by atoms with E-state index in [4.69, 9.17) is 4.74 Å². The molecule has 0 radical (unpaired) electrons. The Labute approximate surface area is 159 Å². The van der Waals surface area contributed by atoms with Crippen LogP contribution in [-0.2, 0) is 16.1 Å². The third kappa shape index (κ3) is 5.31. The summed E-state index contributed by atoms with van der Waals surface area (Å²) >= 11 is 0. The molecule has 6 nitrogen and oxygen atoms in total. The number of carbonyl (C=O) groups excluding carboxylic acids is 2. The third-order valence-electron chi connectivity index (χ3n) is 4.51. The second-order valence-corrected chi connectivity index (χ2v) is 6.84. The molecule has 142 valence electrons. The summed E-state index contributed by atoms with van der Waals surface area (Å²) in [6, 6.07) is 15.0. The summed E-state index contributed by atoms with van der Waals surface area (Å²) < 4.78 is 5.37. The highest BCUT2D eigenvalue weighted by atomic mass is 16.5. The Morgan fingerprint density at radius 2 is 1.67 bits per heavy atom. The molecule has 0 saturated carbocycles. The van der Waals surface area contributed by atoms with Crippen LogP contribution in [0.2, 0.25) is 0 Å². The molecule has 27 heavy (non-hydrogen) atoms. The second-order valence-electron chi connectivity index (χ2n) is 6.84. The second kappa shape index (κ2) is 8.68. The van der Waals surface area contributed by atoms with Crippen molar-refractivity contribution in [1.29, 1.82) is 0 Å². The van der Waals surface area contributed by atoms with Gasteiger partial charge in [0.25, 0.3) is 5.91 Å². The molecule has 1 aliphatic rings. The van der Waals surface area contributed by atoms with E-state index >= 15 is 0 Å². The summed E-state index contributed by atoms with van der Waals surface area (Å²) in [5.41, 5.74) is 3.62. The number of carbonyl (C=O) groups is 2. The number of benzene rings is 2. The molecule has 0 spiro atoms. The topological polar surface area (TPSA) is 70.7 Å². The molecular weight excluding hydrogens is 342 g/mol. The van der Waals surface area contributed by atoms with Crippen molar-refractivity contribution >= 4 is 23.3 Å². The molecule has 2 aromatic carbocycles. The van der Waals surface area contributed by atoms with Gasteiger partial charge in [0.15, 0.2) is 0 Å². The summed E-state index contributed by atoms with van der Waals surface area (Å²) in [5.74, 6) is -0.123. The van der Waals surface area contributed by atoms with Crippen molar-refractivity contribution in [2.75, 3.05) is 24.3 Å². The van der Waals surface area contributed by atoms with Crippen molar-refractivity contribution in [3.63, 3.8) is 0 Å². The summed E-state index contributed by atoms with van der Waals surface area (Å²) in [4.78, 5) is 26.0. The van der Waals surface area contributed by atoms with Crippen molar-refractivity contribution in [1.82, 2.24) is 4.90 Å². The molecule has 2 N–H and O–H groups in total. The number of urea groups is 1. The number of nitrogens with zero attached hydrogens (tertiary/aromatic N) is 1. The van der Waals surface area contributed by atoms with Gasteiger partial charge in [0.1, 0.15) is 6.10 Å². The first-order valence-electron chi connectivity index (χ1n) is 9.11. The molecule has 0 bridgehead atoms. The van der Waals surface area contributed by atoms with E-state index in [9.17, 15) is 9.59 Å². The largest absolute Gasteiger partial charge is 0.368 e. The van der Waals surface area contributed by atoms with Crippen LogP contribution in [0.3, 0.4) is 0 Å². The number of ether oxygens (including phenoxy) is 1. The number of anilines is 2. The van der Waals surface area contributed by atoms with Crippen LogP contribution in [0, 0.1) is 6.92 Å². The zero-order valence-electron chi connectivity index (χ0n) is 15.7. The first-order chi connectivity index (χ1) is 13.0. The maximum absolute atomic E-state index is 12.3. The summed E-state index contributed by atoms with van der Waals surface area (Å²) in [6.45, 7) is 3.20. The van der Waals surface area contributed by atoms with Gasteiger partial charge in [0.2, 0.25) is 0 Å². The fourth-order valence-electron chi connectivity index (χ4n) is 2.90. The Kier molecular flexibility index (Phi) is 6.08. The van der Waals surface area contributed by atoms with Gasteiger partial charge in [-0.1, -0.05) is 29.8 Å². The zero-order chi connectivity index (χ0) is 19.2. The van der Waals surface area contributed by atoms with E-state index in [1.165, 1.54) is 5.56 Å². The van der Waals surface area contributed by atoms with Crippen LogP contribution in [0.1, 0.15) is 24.0 Å². The minimum atomic E-state index is -0.361. The fraction of sp³-hybridized carbons (Fsp3) is 0.333. The highest BCUT2D eigenvalue weighted by Crippen LogP contribution is 2.18. The lowest BCUT2D eigenvalue weighted by Gasteiger charge is -2.18. The van der Waals surface area contributed by atoms with Crippen LogP contribution in [0.25, 0.3) is 0 Å². The van der Waals surface area contributed by atoms with Gasteiger partial charge in [0, 0.05) is 31.6 Å². The van der Waals surface area contributed by atoms with Crippen LogP contribution in [0.15, 0.2) is 48.5 Å². The predicted molar refractivity (Wildman–Crippen MR) is 106 cm³/mol. The van der Waals surface area contributed by atoms with Crippen LogP contribution in [-0.4, -0.2) is 36.6 Å². The fourth-order valence-corrected chi connectivity index (χ4v) is 2.90. The third-order valence-corrected chi connectivity index (χ3v) is 4.51. The van der Waals surface area contributed by atoms with E-state index in [2.05, 4.69) is 10.6 Å². The summed E-state index contributed by atoms with van der Waals surface area (Å²) in [7, 11) is 1.76. The Bertz CT molecular complexity index is 781. The standard InChI is InChI=1S/C21H25N3O3/c1-15-5-7-16(8-6-15)14-24(2)21(26)23-18-11-9-17(10-12-18)22-20(25)19-4-3-13-27-19/h5-12,19H,3-4,13-14H2,1-2H3,(H,22,25)(H,23,26)/t19-/m0/s1. The number of rotatable bonds is 5. The van der Waals surface area contributed by atoms with Crippen molar-refractivity contribution in [2.45, 2.75) is 32.4 Å². The van der Waals surface area contributed by atoms with Gasteiger partial charge in [-0.25, -0.2) is 4.79 Å². The number of hydrogen-bond acceptors (Lipinski definition) is 3. The molecule has 3 amide bonds. The van der Waals surface area contributed by atoms with E-state index in [0.717, 1.165) is 18.4 Å². The Balaban J connectivity index is 1.51. The lowest BCUT2D eigenvalue weighted by Crippen LogP contribution is -2.30. The van der Waals surface area contributed by atoms with E-state index < -0.39 is 0 Å². The van der Waals surface area contributed by atoms with Crippen molar-refractivity contribution in [3.05, 3.63) is 59.7 Å². The van der Waals surface area contributed by atoms with Gasteiger partial charge in [-0.15, -0.1) is 0 Å². The molecule has 0 aromatic heterocycles. The monoisotopic (exact) mass is 367 g/mol. The quantitative estimate of drug-likeness (QED) is 0.845. The summed E-state index contributed by atoms with van der Waals surface area (Å²) in [6.07, 6.45) is 1.31. The van der Waals surface area contributed by atoms with E-state index in [1.54, 1.807) is 36.2 Å². The number of nitrogens with one attached hydrogen (secondary N) is 2. The molecule has 1 saturated heterocycles. The first-order valence-corrected chi connectivity index (χ1v) is 9.11. The van der Waals surface area contributed by atoms with Crippen LogP contribution < -0.4 is 10.6 Å². The molecule has 1 heterocycles. The van der Waals surface area contributed by atoms with Crippen LogP contribution in [0.5, 0.6) is 0 Å². The van der Waals surface area contributed by atoms with E-state index in [1.807, 2.05) is 31.2 Å². The molecule has 0 aliphatic carbocycles. The Morgan fingerprint density at radius 1 is 1.04 bits per heavy atom. The Hall–Kier alpha value is -2.86. The van der Waals surface area contributed by atoms with Gasteiger partial charge in [-0.3, -0.25) is 4.79 Å². The lowest BCUT2D eigenvalue weighted by atomic mass is 10.1. The first kappa shape index (κ1) is 18.9. The Morgan fingerprint density at radius 3 is 2.26 bits per heavy atom. The van der Waals surface area contributed by atoms with Crippen molar-refractivity contribution < 1.29 is 14.3 Å². The predicted octanol–water partition coefficient (Wildman–Crippen LogP) is 3.78. The zero-order valence-corrected chi connectivity index (χ0v) is 15.7. The van der Waals surface area contributed by atoms with Gasteiger partial charge in [0.05, 0.1) is 0 Å². The number of amides is 3. The van der Waals surface area contributed by atoms with Crippen LogP contribution >= 0.6 is 0 Å². The highest BCUT2D eigenvalue weighted by molar-refractivity contribution is 5.95. The average molecular weight is 367 g/mol. The molecular formula is C21H25N3O3. The summed E-state index contributed by atoms with van der Waals surface area (Å²) in [5, 5.41) is 5.70. The SMILES string of the molecule is Cc1ccc(CN(C)C(=O)Nc2ccc(NC(=O)[C@@H]3CCCO3)cc2)cc1. The van der Waals surface area contributed by atoms with E-state index in [-0.39, 0.29) is 18.0 Å². The van der Waals surface area contributed by atoms with Gasteiger partial charge in [-0.2, -0.15) is 0 Å². The maximum atomic E-state index is 12.3. The molecule has 1 atom stereocenters. The van der Waals surface area contributed by atoms with Gasteiger partial charge >= 0.3 is 6.03 Å². The smallest absolute Gasteiger partial charge is 0.321 e. The minimum absolute atomic E-state index is 0.123. The van der Waals surface area contributed by atoms with Crippen molar-refractivity contribution in [2.24, 2.45) is 0 Å². The van der Waals surface area contributed by atoms with E-state index in [0.29, 0.717) is 24.5 Å². The maximum Gasteiger partial charge on any atom is 0.321 e. The molecule has 0 unspecified atom stereocenters. The normalized spacial score (nSPS) is 16.0. The lowest BCUT2D eigenvalue weighted by molar-refractivity contribution is -0.124. The minimum Gasteiger partial charge on any atom is -0.368 e. The molecule has 3 rings (SSSR count). The highest BCUT2D eigenvalue weighted by Gasteiger charge is 2.23. The number of hydrogen-bond donors (Lipinski definition) is 2. The molecule has 2 aromatic rings. The van der Waals surface area contributed by atoms with Gasteiger partial charge < -0.3 is 20.3 Å². The van der Waals surface area contributed by atoms with Gasteiger partial charge in [-0.05, 0) is 49.6 Å². The van der Waals surface area contributed by atoms with Crippen LogP contribution in [0.4, 0.5) is 16.2 Å². The van der Waals surface area contributed by atoms with Crippen molar-refractivity contribution in [3.8, 4) is 0 Å². The molecule has 6 heteroatoms.